The molecule has 2 saturated heterocycles. The SMILES string of the molecule is CCOC(=O)[C@@]12C[C@H]1/C=C\CCCCOC(=O)N1C[C@H](Oc3nc(Cl)cc4cc(OC)ccc34)C[C@H]1C(=O)N2.COc1ccc2c(O[C@@H]3C[C@H]4C(=O)N[C@]5(C(=O)O)C[C@H]5/C=C\CCCCOC(=O)N4C3)nc(Cl)cc2c1. The normalized spacial score (nSPS) is 28.3. The van der Waals surface area contributed by atoms with Gasteiger partial charge in [0.25, 0.3) is 0 Å². The van der Waals surface area contributed by atoms with Crippen LogP contribution < -0.4 is 29.6 Å². The summed E-state index contributed by atoms with van der Waals surface area (Å²) in [7, 11) is 3.15. The van der Waals surface area contributed by atoms with E-state index in [2.05, 4.69) is 20.6 Å². The van der Waals surface area contributed by atoms with Gasteiger partial charge in [-0.05, 0) is 118 Å². The molecule has 0 unspecified atom stereocenters. The van der Waals surface area contributed by atoms with Gasteiger partial charge in [-0.15, -0.1) is 0 Å². The Morgan fingerprint density at radius 1 is 0.697 bits per heavy atom. The number of carbonyl (C=O) groups is 6. The molecule has 3 N–H and O–H groups in total. The number of methoxy groups -OCH3 is 2. The smallest absolute Gasteiger partial charge is 0.410 e. The number of nitrogens with zero attached hydrogens (tertiary/aromatic N) is 4. The Bertz CT molecular complexity index is 2960. The van der Waals surface area contributed by atoms with Gasteiger partial charge in [0.1, 0.15) is 57.2 Å². The van der Waals surface area contributed by atoms with E-state index < -0.39 is 71.3 Å². The quantitative estimate of drug-likeness (QED) is 0.0633. The molecule has 4 amide bonds. The number of nitrogens with one attached hydrogen (secondary N) is 2. The molecule has 404 valence electrons. The van der Waals surface area contributed by atoms with E-state index >= 15 is 0 Å². The molecule has 8 atom stereocenters. The second-order valence-electron chi connectivity index (χ2n) is 19.6. The number of esters is 1. The van der Waals surface area contributed by atoms with Crippen LogP contribution in [0, 0.1) is 11.8 Å². The zero-order valence-electron chi connectivity index (χ0n) is 42.3. The van der Waals surface area contributed by atoms with E-state index in [1.165, 1.54) is 9.80 Å². The maximum atomic E-state index is 13.6. The second kappa shape index (κ2) is 23.0. The van der Waals surface area contributed by atoms with Crippen molar-refractivity contribution in [1.29, 1.82) is 0 Å². The lowest BCUT2D eigenvalue weighted by Gasteiger charge is -2.25. The van der Waals surface area contributed by atoms with Gasteiger partial charge in [0.15, 0.2) is 0 Å². The first-order valence-corrected chi connectivity index (χ1v) is 26.3. The van der Waals surface area contributed by atoms with Crippen LogP contribution in [0.25, 0.3) is 21.5 Å². The fraction of sp³-hybridized carbons (Fsp3) is 0.481. The highest BCUT2D eigenvalue weighted by Crippen LogP contribution is 2.47. The van der Waals surface area contributed by atoms with E-state index in [1.807, 2.05) is 42.5 Å². The maximum Gasteiger partial charge on any atom is 0.410 e. The number of carboxylic acid groups (broad SMARTS) is 1. The van der Waals surface area contributed by atoms with E-state index in [0.717, 1.165) is 41.8 Å². The molecule has 0 bridgehead atoms. The van der Waals surface area contributed by atoms with E-state index in [1.54, 1.807) is 51.5 Å². The van der Waals surface area contributed by atoms with E-state index in [9.17, 15) is 33.9 Å². The van der Waals surface area contributed by atoms with Gasteiger partial charge in [-0.25, -0.2) is 29.1 Å². The van der Waals surface area contributed by atoms with Crippen molar-refractivity contribution in [2.24, 2.45) is 11.8 Å². The van der Waals surface area contributed by atoms with E-state index in [4.69, 9.17) is 56.4 Å². The topological polar surface area (TPSA) is 244 Å². The highest BCUT2D eigenvalue weighted by molar-refractivity contribution is 6.30. The second-order valence-corrected chi connectivity index (χ2v) is 20.4. The monoisotopic (exact) mass is 1090 g/mol. The summed E-state index contributed by atoms with van der Waals surface area (Å²) in [6.07, 6.45) is 11.0. The van der Waals surface area contributed by atoms with Crippen LogP contribution in [0.15, 0.2) is 72.8 Å². The number of halogens is 2. The van der Waals surface area contributed by atoms with Crippen LogP contribution in [0.3, 0.4) is 0 Å². The average Bonchev–Trinajstić information content (AvgIpc) is 4.18. The third kappa shape index (κ3) is 11.7. The summed E-state index contributed by atoms with van der Waals surface area (Å²) < 4.78 is 39.2. The maximum absolute atomic E-state index is 13.6. The van der Waals surface area contributed by atoms with Gasteiger partial charge in [-0.3, -0.25) is 19.4 Å². The highest BCUT2D eigenvalue weighted by Gasteiger charge is 2.63. The molecule has 4 fully saturated rings. The summed E-state index contributed by atoms with van der Waals surface area (Å²) in [5.41, 5.74) is -2.50. The number of hydrogen-bond donors (Lipinski definition) is 3. The van der Waals surface area contributed by atoms with Crippen LogP contribution in [-0.4, -0.2) is 143 Å². The molecule has 4 aromatic rings. The predicted octanol–water partition coefficient (Wildman–Crippen LogP) is 7.59. The first kappa shape index (κ1) is 53.8. The van der Waals surface area contributed by atoms with Gasteiger partial charge in [-0.2, -0.15) is 0 Å². The first-order valence-electron chi connectivity index (χ1n) is 25.5. The van der Waals surface area contributed by atoms with Crippen molar-refractivity contribution in [2.45, 2.75) is 107 Å². The Morgan fingerprint density at radius 2 is 1.16 bits per heavy atom. The molecule has 6 aliphatic rings. The number of amides is 4. The zero-order valence-corrected chi connectivity index (χ0v) is 43.8. The molecule has 2 aliphatic carbocycles. The third-order valence-electron chi connectivity index (χ3n) is 14.6. The minimum absolute atomic E-state index is 0.0756. The number of cyclic esters (lactones) is 2. The fourth-order valence-electron chi connectivity index (χ4n) is 10.3. The Balaban J connectivity index is 0.000000186. The molecule has 2 saturated carbocycles. The van der Waals surface area contributed by atoms with Crippen molar-refractivity contribution in [3.8, 4) is 23.3 Å². The molecule has 10 rings (SSSR count). The van der Waals surface area contributed by atoms with Crippen LogP contribution in [0.2, 0.25) is 10.3 Å². The van der Waals surface area contributed by atoms with E-state index in [-0.39, 0.29) is 73.8 Å². The largest absolute Gasteiger partial charge is 0.497 e. The molecule has 76 heavy (non-hydrogen) atoms. The number of carboxylic acids is 1. The van der Waals surface area contributed by atoms with Gasteiger partial charge in [-0.1, -0.05) is 47.5 Å². The van der Waals surface area contributed by atoms with Crippen molar-refractivity contribution in [3.63, 3.8) is 0 Å². The number of aromatic nitrogens is 2. The summed E-state index contributed by atoms with van der Waals surface area (Å²) in [5, 5.41) is 18.9. The first-order chi connectivity index (χ1) is 36.6. The summed E-state index contributed by atoms with van der Waals surface area (Å²) >= 11 is 12.5. The Labute approximate surface area is 448 Å². The molecular formula is C54H60Cl2N6O14. The lowest BCUT2D eigenvalue weighted by Crippen LogP contribution is -2.53. The molecule has 2 aromatic carbocycles. The van der Waals surface area contributed by atoms with Gasteiger partial charge in [0, 0.05) is 35.4 Å². The van der Waals surface area contributed by atoms with Crippen molar-refractivity contribution in [3.05, 3.63) is 83.1 Å². The van der Waals surface area contributed by atoms with Gasteiger partial charge >= 0.3 is 24.1 Å². The Morgan fingerprint density at radius 3 is 1.62 bits per heavy atom. The van der Waals surface area contributed by atoms with Crippen LogP contribution in [0.4, 0.5) is 9.59 Å². The molecule has 6 heterocycles. The van der Waals surface area contributed by atoms with Crippen LogP contribution in [0.1, 0.15) is 71.1 Å². The van der Waals surface area contributed by atoms with Crippen molar-refractivity contribution in [2.75, 3.05) is 47.1 Å². The number of rotatable bonds is 9. The molecular weight excluding hydrogens is 1030 g/mol. The zero-order chi connectivity index (χ0) is 53.7. The fourth-order valence-corrected chi connectivity index (χ4v) is 10.7. The molecule has 20 nitrogen and oxygen atoms in total. The number of hydrogen-bond acceptors (Lipinski definition) is 15. The molecule has 0 radical (unpaired) electrons. The number of benzene rings is 2. The van der Waals surface area contributed by atoms with Gasteiger partial charge < -0.3 is 48.9 Å². The summed E-state index contributed by atoms with van der Waals surface area (Å²) in [5.74, 6) is -1.13. The minimum atomic E-state index is -1.37. The summed E-state index contributed by atoms with van der Waals surface area (Å²) in [6.45, 7) is 2.60. The van der Waals surface area contributed by atoms with Gasteiger partial charge in [0.2, 0.25) is 23.6 Å². The lowest BCUT2D eigenvalue weighted by molar-refractivity contribution is -0.149. The molecule has 0 spiro atoms. The van der Waals surface area contributed by atoms with E-state index in [0.29, 0.717) is 48.4 Å². The van der Waals surface area contributed by atoms with Crippen LogP contribution >= 0.6 is 23.2 Å². The van der Waals surface area contributed by atoms with Crippen molar-refractivity contribution in [1.82, 2.24) is 30.4 Å². The van der Waals surface area contributed by atoms with Crippen molar-refractivity contribution < 1.29 is 67.0 Å². The Kier molecular flexibility index (Phi) is 16.3. The summed E-state index contributed by atoms with van der Waals surface area (Å²) in [6, 6.07) is 12.4. The number of carbonyl (C=O) groups excluding carboxylic acids is 5. The average molecular weight is 1090 g/mol. The summed E-state index contributed by atoms with van der Waals surface area (Å²) in [4.78, 5) is 89.2. The van der Waals surface area contributed by atoms with Crippen LogP contribution in [0.5, 0.6) is 23.3 Å². The molecule has 2 aromatic heterocycles. The lowest BCUT2D eigenvalue weighted by atomic mass is 10.1. The van der Waals surface area contributed by atoms with Crippen molar-refractivity contribution >= 4 is 80.7 Å². The molecule has 4 aliphatic heterocycles. The number of aliphatic carboxylic acids is 1. The number of fused-ring (bicyclic) bond motifs is 6. The standard InChI is InChI=1S/C28H32ClN3O7.C26H28ClN3O7/c1-3-37-26(34)28-15-18(28)8-6-4-5-7-11-38-27(35)32-16-20(14-22(32)24(33)31-28)39-25-21-10-9-19(36-2)12-17(21)13-23(29)30-25;1-35-17-7-8-19-15(10-17)11-21(27)28-23(19)37-18-12-20-22(31)29-26(24(32)33)13-16(26)6-4-2-3-5-9-36-25(34)30(20)14-18/h6,8-10,12-13,18,20,22H,3-5,7,11,14-16H2,1-2H3,(H,31,33);4,6-8,10-11,16,18,20H,2-3,5,9,12-14H2,1H3,(H,29,31)(H,32,33)/b8-6-;6-4-/t18-,20-,22+,28-;16-,18-,20+,26-/m11/s1. The third-order valence-corrected chi connectivity index (χ3v) is 14.9. The molecule has 22 heteroatoms. The Hall–Kier alpha value is -7.06. The van der Waals surface area contributed by atoms with Gasteiger partial charge in [0.05, 0.1) is 47.1 Å². The predicted molar refractivity (Wildman–Crippen MR) is 277 cm³/mol. The number of ether oxygens (including phenoxy) is 7. The number of pyridine rings is 2. The highest BCUT2D eigenvalue weighted by atomic mass is 35.5. The minimum Gasteiger partial charge on any atom is -0.497 e. The number of allylic oxidation sites excluding steroid dienone is 2. The van der Waals surface area contributed by atoms with Crippen LogP contribution in [-0.2, 0) is 33.4 Å².